The van der Waals surface area contributed by atoms with Crippen LogP contribution in [0.3, 0.4) is 0 Å². The van der Waals surface area contributed by atoms with Crippen molar-refractivity contribution in [3.63, 3.8) is 0 Å². The summed E-state index contributed by atoms with van der Waals surface area (Å²) in [7, 11) is 1.19. The van der Waals surface area contributed by atoms with Gasteiger partial charge >= 0.3 is 12.6 Å². The molecule has 0 amide bonds. The monoisotopic (exact) mass is 248 g/mol. The third kappa shape index (κ3) is 3.97. The maximum atomic E-state index is 13.4. The van der Waals surface area contributed by atoms with E-state index in [0.717, 1.165) is 6.07 Å². The summed E-state index contributed by atoms with van der Waals surface area (Å²) in [5.41, 5.74) is -0.0572. The number of rotatable bonds is 5. The summed E-state index contributed by atoms with van der Waals surface area (Å²) in [6.07, 6.45) is -0.154. The highest BCUT2D eigenvalue weighted by Gasteiger charge is 2.14. The van der Waals surface area contributed by atoms with Crippen LogP contribution in [0.15, 0.2) is 18.2 Å². The normalized spacial score (nSPS) is 10.4. The van der Waals surface area contributed by atoms with E-state index in [4.69, 9.17) is 0 Å². The number of halogens is 3. The van der Waals surface area contributed by atoms with Crippen molar-refractivity contribution in [1.29, 1.82) is 0 Å². The van der Waals surface area contributed by atoms with Crippen molar-refractivity contribution in [3.8, 4) is 5.75 Å². The van der Waals surface area contributed by atoms with E-state index in [2.05, 4.69) is 9.47 Å². The van der Waals surface area contributed by atoms with Gasteiger partial charge in [-0.3, -0.25) is 4.79 Å². The van der Waals surface area contributed by atoms with Gasteiger partial charge in [-0.15, -0.1) is 0 Å². The number of hydrogen-bond donors (Lipinski definition) is 0. The Morgan fingerprint density at radius 1 is 1.41 bits per heavy atom. The molecule has 6 heteroatoms. The van der Waals surface area contributed by atoms with E-state index in [0.29, 0.717) is 0 Å². The highest BCUT2D eigenvalue weighted by atomic mass is 19.3. The Hall–Kier alpha value is -1.72. The molecule has 0 aliphatic heterocycles. The molecule has 0 bridgehead atoms. The first kappa shape index (κ1) is 13.3. The minimum atomic E-state index is -3.03. The smallest absolute Gasteiger partial charge is 0.387 e. The number of benzene rings is 1. The molecule has 94 valence electrons. The topological polar surface area (TPSA) is 35.5 Å². The van der Waals surface area contributed by atoms with Crippen LogP contribution in [0.5, 0.6) is 5.75 Å². The highest BCUT2D eigenvalue weighted by molar-refractivity contribution is 5.69. The van der Waals surface area contributed by atoms with Crippen molar-refractivity contribution in [2.45, 2.75) is 19.5 Å². The van der Waals surface area contributed by atoms with Crippen LogP contribution in [0.4, 0.5) is 13.2 Å². The summed E-state index contributed by atoms with van der Waals surface area (Å²) in [5, 5.41) is 0. The molecule has 0 unspecified atom stereocenters. The van der Waals surface area contributed by atoms with Crippen LogP contribution in [0.1, 0.15) is 12.0 Å². The second-order valence-corrected chi connectivity index (χ2v) is 3.17. The molecule has 0 aromatic heterocycles. The second-order valence-electron chi connectivity index (χ2n) is 3.17. The average Bonchev–Trinajstić information content (AvgIpc) is 2.27. The zero-order valence-electron chi connectivity index (χ0n) is 9.08. The number of methoxy groups -OCH3 is 1. The van der Waals surface area contributed by atoms with Crippen molar-refractivity contribution >= 4 is 5.97 Å². The van der Waals surface area contributed by atoms with Gasteiger partial charge in [-0.25, -0.2) is 4.39 Å². The molecule has 3 nitrogen and oxygen atoms in total. The van der Waals surface area contributed by atoms with Gasteiger partial charge in [0, 0.05) is 12.0 Å². The Labute approximate surface area is 96.1 Å². The Morgan fingerprint density at radius 2 is 2.12 bits per heavy atom. The van der Waals surface area contributed by atoms with E-state index in [-0.39, 0.29) is 24.2 Å². The standard InChI is InChI=1S/C11H11F3O3/c1-16-10(15)6-5-7-8(12)3-2-4-9(7)17-11(13)14/h2-4,11H,5-6H2,1H3. The second kappa shape index (κ2) is 6.12. The van der Waals surface area contributed by atoms with Crippen LogP contribution in [0.25, 0.3) is 0 Å². The molecule has 1 aromatic rings. The lowest BCUT2D eigenvalue weighted by molar-refractivity contribution is -0.140. The molecule has 0 aliphatic rings. The first-order valence-corrected chi connectivity index (χ1v) is 4.83. The summed E-state index contributed by atoms with van der Waals surface area (Å²) in [6.45, 7) is -3.03. The molecule has 0 saturated carbocycles. The van der Waals surface area contributed by atoms with Gasteiger partial charge in [-0.2, -0.15) is 8.78 Å². The molecular weight excluding hydrogens is 237 g/mol. The van der Waals surface area contributed by atoms with E-state index in [1.165, 1.54) is 19.2 Å². The molecule has 0 fully saturated rings. The molecule has 1 rings (SSSR count). The molecule has 0 spiro atoms. The number of esters is 1. The third-order valence-corrected chi connectivity index (χ3v) is 2.10. The molecule has 0 saturated heterocycles. The Bertz CT molecular complexity index is 394. The van der Waals surface area contributed by atoms with Gasteiger partial charge in [0.1, 0.15) is 11.6 Å². The highest BCUT2D eigenvalue weighted by Crippen LogP contribution is 2.24. The van der Waals surface area contributed by atoms with Crippen LogP contribution >= 0.6 is 0 Å². The number of hydrogen-bond acceptors (Lipinski definition) is 3. The van der Waals surface area contributed by atoms with E-state index < -0.39 is 18.4 Å². The lowest BCUT2D eigenvalue weighted by atomic mass is 10.1. The van der Waals surface area contributed by atoms with Crippen molar-refractivity contribution < 1.29 is 27.4 Å². The lowest BCUT2D eigenvalue weighted by Crippen LogP contribution is -2.08. The quantitative estimate of drug-likeness (QED) is 0.751. The van der Waals surface area contributed by atoms with Gasteiger partial charge in [0.25, 0.3) is 0 Å². The van der Waals surface area contributed by atoms with Crippen LogP contribution in [0, 0.1) is 5.82 Å². The van der Waals surface area contributed by atoms with Crippen molar-refractivity contribution in [1.82, 2.24) is 0 Å². The average molecular weight is 248 g/mol. The zero-order valence-corrected chi connectivity index (χ0v) is 9.08. The SMILES string of the molecule is COC(=O)CCc1c(F)cccc1OC(F)F. The van der Waals surface area contributed by atoms with Gasteiger partial charge in [0.15, 0.2) is 0 Å². The van der Waals surface area contributed by atoms with Gasteiger partial charge < -0.3 is 9.47 Å². The number of ether oxygens (including phenoxy) is 2. The van der Waals surface area contributed by atoms with E-state index in [1.54, 1.807) is 0 Å². The van der Waals surface area contributed by atoms with Crippen molar-refractivity contribution in [2.75, 3.05) is 7.11 Å². The Kier molecular flexibility index (Phi) is 4.81. The van der Waals surface area contributed by atoms with E-state index >= 15 is 0 Å². The van der Waals surface area contributed by atoms with E-state index in [9.17, 15) is 18.0 Å². The van der Waals surface area contributed by atoms with Gasteiger partial charge in [0.2, 0.25) is 0 Å². The summed E-state index contributed by atoms with van der Waals surface area (Å²) in [6, 6.07) is 3.60. The van der Waals surface area contributed by atoms with Crippen molar-refractivity contribution in [3.05, 3.63) is 29.6 Å². The minimum Gasteiger partial charge on any atom is -0.469 e. The zero-order chi connectivity index (χ0) is 12.8. The Morgan fingerprint density at radius 3 is 2.71 bits per heavy atom. The van der Waals surface area contributed by atoms with Crippen LogP contribution in [-0.2, 0) is 16.0 Å². The molecule has 0 heterocycles. The first-order valence-electron chi connectivity index (χ1n) is 4.83. The van der Waals surface area contributed by atoms with Crippen LogP contribution in [-0.4, -0.2) is 19.7 Å². The fourth-order valence-electron chi connectivity index (χ4n) is 1.32. The fraction of sp³-hybridized carbons (Fsp3) is 0.364. The minimum absolute atomic E-state index is 0.0542. The first-order chi connectivity index (χ1) is 8.04. The summed E-state index contributed by atoms with van der Waals surface area (Å²) < 4.78 is 46.0. The molecule has 0 atom stereocenters. The van der Waals surface area contributed by atoms with Gasteiger partial charge in [-0.05, 0) is 18.6 Å². The number of carbonyl (C=O) groups excluding carboxylic acids is 1. The summed E-state index contributed by atoms with van der Waals surface area (Å²) in [5.74, 6) is -1.49. The number of carbonyl (C=O) groups is 1. The number of alkyl halides is 2. The van der Waals surface area contributed by atoms with Gasteiger partial charge in [0.05, 0.1) is 7.11 Å². The summed E-state index contributed by atoms with van der Waals surface area (Å²) >= 11 is 0. The van der Waals surface area contributed by atoms with E-state index in [1.807, 2.05) is 0 Å². The molecule has 1 aromatic carbocycles. The molecule has 0 radical (unpaired) electrons. The van der Waals surface area contributed by atoms with Crippen molar-refractivity contribution in [2.24, 2.45) is 0 Å². The largest absolute Gasteiger partial charge is 0.469 e. The van der Waals surface area contributed by atoms with Gasteiger partial charge in [-0.1, -0.05) is 6.07 Å². The molecule has 0 N–H and O–H groups in total. The summed E-state index contributed by atoms with van der Waals surface area (Å²) in [4.78, 5) is 10.9. The lowest BCUT2D eigenvalue weighted by Gasteiger charge is -2.10. The van der Waals surface area contributed by atoms with Crippen LogP contribution in [0.2, 0.25) is 0 Å². The Balaban J connectivity index is 2.83. The van der Waals surface area contributed by atoms with Crippen LogP contribution < -0.4 is 4.74 Å². The maximum Gasteiger partial charge on any atom is 0.387 e. The third-order valence-electron chi connectivity index (χ3n) is 2.10. The fourth-order valence-corrected chi connectivity index (χ4v) is 1.32. The predicted molar refractivity (Wildman–Crippen MR) is 53.4 cm³/mol. The maximum absolute atomic E-state index is 13.4. The molecule has 0 aliphatic carbocycles. The predicted octanol–water partition coefficient (Wildman–Crippen LogP) is 2.53. The molecular formula is C11H11F3O3. The molecule has 17 heavy (non-hydrogen) atoms.